The van der Waals surface area contributed by atoms with Crippen LogP contribution in [0.1, 0.15) is 5.56 Å². The summed E-state index contributed by atoms with van der Waals surface area (Å²) in [5, 5.41) is 14.2. The fraction of sp³-hybridized carbons (Fsp3) is 0.0909. The number of thiophene rings is 1. The second kappa shape index (κ2) is 4.50. The van der Waals surface area contributed by atoms with Gasteiger partial charge in [-0.3, -0.25) is 0 Å². The number of carboxylic acids is 1. The second-order valence-corrected chi connectivity index (χ2v) is 4.10. The van der Waals surface area contributed by atoms with Crippen LogP contribution in [-0.2, 0) is 9.63 Å². The molecule has 0 unspecified atom stereocenters. The van der Waals surface area contributed by atoms with E-state index in [9.17, 15) is 9.18 Å². The molecular formula is C11H8FNO3S. The molecule has 1 N–H and O–H groups in total. The van der Waals surface area contributed by atoms with Crippen molar-refractivity contribution in [2.75, 3.05) is 7.11 Å². The summed E-state index contributed by atoms with van der Waals surface area (Å²) in [6, 6.07) is 4.58. The normalized spacial score (nSPS) is 11.8. The molecular weight excluding hydrogens is 245 g/mol. The number of fused-ring (bicyclic) bond motifs is 1. The topological polar surface area (TPSA) is 58.9 Å². The monoisotopic (exact) mass is 253 g/mol. The summed E-state index contributed by atoms with van der Waals surface area (Å²) in [4.78, 5) is 15.5. The quantitative estimate of drug-likeness (QED) is 0.675. The fourth-order valence-electron chi connectivity index (χ4n) is 1.51. The molecule has 1 aromatic heterocycles. The number of hydrogen-bond donors (Lipinski definition) is 1. The Morgan fingerprint density at radius 3 is 2.94 bits per heavy atom. The first-order valence-corrected chi connectivity index (χ1v) is 5.53. The molecule has 0 aliphatic heterocycles. The summed E-state index contributed by atoms with van der Waals surface area (Å²) >= 11 is 1.26. The van der Waals surface area contributed by atoms with Crippen LogP contribution in [0, 0.1) is 5.82 Å². The minimum absolute atomic E-state index is 0.234. The lowest BCUT2D eigenvalue weighted by atomic mass is 10.1. The molecule has 0 atom stereocenters. The SMILES string of the molecule is CON=C(C(=O)O)c1csc2cccc(F)c12. The van der Waals surface area contributed by atoms with Gasteiger partial charge in [-0.05, 0) is 12.1 Å². The molecule has 0 aliphatic rings. The van der Waals surface area contributed by atoms with Gasteiger partial charge in [0.15, 0.2) is 5.71 Å². The molecule has 17 heavy (non-hydrogen) atoms. The van der Waals surface area contributed by atoms with E-state index < -0.39 is 11.8 Å². The van der Waals surface area contributed by atoms with Gasteiger partial charge in [0.1, 0.15) is 12.9 Å². The maximum Gasteiger partial charge on any atom is 0.358 e. The van der Waals surface area contributed by atoms with Gasteiger partial charge in [0.25, 0.3) is 0 Å². The van der Waals surface area contributed by atoms with E-state index in [0.717, 1.165) is 0 Å². The highest BCUT2D eigenvalue weighted by Gasteiger charge is 2.20. The number of hydrogen-bond acceptors (Lipinski definition) is 4. The third kappa shape index (κ3) is 1.99. The van der Waals surface area contributed by atoms with Gasteiger partial charge in [0.05, 0.1) is 0 Å². The van der Waals surface area contributed by atoms with Gasteiger partial charge in [-0.2, -0.15) is 0 Å². The maximum absolute atomic E-state index is 13.7. The van der Waals surface area contributed by atoms with Crippen LogP contribution in [0.2, 0.25) is 0 Å². The molecule has 2 aromatic rings. The molecule has 1 aromatic carbocycles. The van der Waals surface area contributed by atoms with Crippen molar-refractivity contribution in [2.45, 2.75) is 0 Å². The molecule has 88 valence electrons. The van der Waals surface area contributed by atoms with Crippen molar-refractivity contribution >= 4 is 33.1 Å². The van der Waals surface area contributed by atoms with E-state index in [1.54, 1.807) is 17.5 Å². The summed E-state index contributed by atoms with van der Waals surface area (Å²) in [6.45, 7) is 0. The molecule has 6 heteroatoms. The van der Waals surface area contributed by atoms with Crippen molar-refractivity contribution in [3.63, 3.8) is 0 Å². The van der Waals surface area contributed by atoms with Crippen molar-refractivity contribution in [1.82, 2.24) is 0 Å². The number of carbonyl (C=O) groups is 1. The number of benzene rings is 1. The fourth-order valence-corrected chi connectivity index (χ4v) is 2.47. The minimum atomic E-state index is -1.25. The molecule has 0 radical (unpaired) electrons. The van der Waals surface area contributed by atoms with Gasteiger partial charge < -0.3 is 9.94 Å². The highest BCUT2D eigenvalue weighted by molar-refractivity contribution is 7.17. The predicted octanol–water partition coefficient (Wildman–Crippen LogP) is 2.48. The van der Waals surface area contributed by atoms with Crippen molar-refractivity contribution in [1.29, 1.82) is 0 Å². The number of rotatable bonds is 3. The smallest absolute Gasteiger partial charge is 0.358 e. The average Bonchev–Trinajstić information content (AvgIpc) is 2.70. The summed E-state index contributed by atoms with van der Waals surface area (Å²) in [5.41, 5.74) is -0.0682. The van der Waals surface area contributed by atoms with E-state index in [0.29, 0.717) is 4.70 Å². The zero-order valence-corrected chi connectivity index (χ0v) is 9.62. The van der Waals surface area contributed by atoms with E-state index in [-0.39, 0.29) is 16.7 Å². The zero-order chi connectivity index (χ0) is 12.4. The molecule has 0 fully saturated rings. The first-order valence-electron chi connectivity index (χ1n) is 4.65. The molecule has 4 nitrogen and oxygen atoms in total. The van der Waals surface area contributed by atoms with Gasteiger partial charge in [-0.15, -0.1) is 11.3 Å². The highest BCUT2D eigenvalue weighted by atomic mass is 32.1. The van der Waals surface area contributed by atoms with Crippen molar-refractivity contribution in [2.24, 2.45) is 5.16 Å². The van der Waals surface area contributed by atoms with E-state index in [4.69, 9.17) is 5.11 Å². The van der Waals surface area contributed by atoms with Crippen molar-refractivity contribution in [3.05, 3.63) is 35.0 Å². The number of aliphatic carboxylic acids is 1. The van der Waals surface area contributed by atoms with Crippen LogP contribution in [0.15, 0.2) is 28.7 Å². The van der Waals surface area contributed by atoms with E-state index in [1.807, 2.05) is 0 Å². The third-order valence-electron chi connectivity index (χ3n) is 2.19. The van der Waals surface area contributed by atoms with E-state index >= 15 is 0 Å². The van der Waals surface area contributed by atoms with Crippen molar-refractivity contribution < 1.29 is 19.1 Å². The molecule has 2 rings (SSSR count). The lowest BCUT2D eigenvalue weighted by Crippen LogP contribution is -2.14. The average molecular weight is 253 g/mol. The molecule has 1 heterocycles. The van der Waals surface area contributed by atoms with Gasteiger partial charge in [-0.1, -0.05) is 11.2 Å². The summed E-state index contributed by atoms with van der Waals surface area (Å²) in [5.74, 6) is -1.72. The van der Waals surface area contributed by atoms with Crippen LogP contribution in [0.5, 0.6) is 0 Å². The predicted molar refractivity (Wildman–Crippen MR) is 63.0 cm³/mol. The molecule has 0 amide bonds. The van der Waals surface area contributed by atoms with Crippen LogP contribution >= 0.6 is 11.3 Å². The molecule has 0 saturated heterocycles. The van der Waals surface area contributed by atoms with Crippen LogP contribution in [0.4, 0.5) is 4.39 Å². The lowest BCUT2D eigenvalue weighted by molar-refractivity contribution is -0.129. The van der Waals surface area contributed by atoms with Gasteiger partial charge in [-0.25, -0.2) is 9.18 Å². The van der Waals surface area contributed by atoms with Crippen LogP contribution in [0.25, 0.3) is 10.1 Å². The summed E-state index contributed by atoms with van der Waals surface area (Å²) in [7, 11) is 1.24. The number of oxime groups is 1. The Hall–Kier alpha value is -1.95. The van der Waals surface area contributed by atoms with Gasteiger partial charge in [0, 0.05) is 21.0 Å². The lowest BCUT2D eigenvalue weighted by Gasteiger charge is -2.00. The van der Waals surface area contributed by atoms with Gasteiger partial charge >= 0.3 is 5.97 Å². The van der Waals surface area contributed by atoms with Crippen LogP contribution in [0.3, 0.4) is 0 Å². The molecule has 0 bridgehead atoms. The molecule has 0 aliphatic carbocycles. The largest absolute Gasteiger partial charge is 0.476 e. The van der Waals surface area contributed by atoms with Gasteiger partial charge in [0.2, 0.25) is 0 Å². The Balaban J connectivity index is 2.70. The highest BCUT2D eigenvalue weighted by Crippen LogP contribution is 2.28. The third-order valence-corrected chi connectivity index (χ3v) is 3.14. The first-order chi connectivity index (χ1) is 8.15. The maximum atomic E-state index is 13.7. The summed E-state index contributed by atoms with van der Waals surface area (Å²) in [6.07, 6.45) is 0. The number of halogens is 1. The standard InChI is InChI=1S/C11H8FNO3S/c1-16-13-10(11(14)15)6-5-17-8-4-2-3-7(12)9(6)8/h2-5H,1H3,(H,14,15). The van der Waals surface area contributed by atoms with Crippen LogP contribution in [-0.4, -0.2) is 23.9 Å². The zero-order valence-electron chi connectivity index (χ0n) is 8.81. The van der Waals surface area contributed by atoms with Crippen molar-refractivity contribution in [3.8, 4) is 0 Å². The number of carboxylic acid groups (broad SMARTS) is 1. The Morgan fingerprint density at radius 2 is 2.29 bits per heavy atom. The second-order valence-electron chi connectivity index (χ2n) is 3.19. The first kappa shape index (κ1) is 11.5. The molecule has 0 spiro atoms. The Labute approximate surface area is 99.9 Å². The van der Waals surface area contributed by atoms with E-state index in [1.165, 1.54) is 24.5 Å². The summed E-state index contributed by atoms with van der Waals surface area (Å²) < 4.78 is 14.3. The molecule has 0 saturated carbocycles. The Kier molecular flexibility index (Phi) is 3.06. The Morgan fingerprint density at radius 1 is 1.53 bits per heavy atom. The van der Waals surface area contributed by atoms with Crippen LogP contribution < -0.4 is 0 Å². The minimum Gasteiger partial charge on any atom is -0.476 e. The number of nitrogens with zero attached hydrogens (tertiary/aromatic N) is 1. The van der Waals surface area contributed by atoms with E-state index in [2.05, 4.69) is 9.99 Å². The Bertz CT molecular complexity index is 606.